The number of pyridine rings is 1. The molecular formula is C22H23FN6O2. The summed E-state index contributed by atoms with van der Waals surface area (Å²) in [7, 11) is 0. The first kappa shape index (κ1) is 20.8. The number of rotatable bonds is 6. The first-order valence-corrected chi connectivity index (χ1v) is 10.0. The summed E-state index contributed by atoms with van der Waals surface area (Å²) in [6.45, 7) is 5.64. The van der Waals surface area contributed by atoms with Crippen LogP contribution in [0.2, 0.25) is 0 Å². The van der Waals surface area contributed by atoms with Gasteiger partial charge in [0.25, 0.3) is 5.91 Å². The van der Waals surface area contributed by atoms with Crippen LogP contribution in [-0.2, 0) is 17.8 Å². The predicted molar refractivity (Wildman–Crippen MR) is 112 cm³/mol. The Morgan fingerprint density at radius 2 is 2.13 bits per heavy atom. The quantitative estimate of drug-likeness (QED) is 0.614. The Kier molecular flexibility index (Phi) is 6.13. The van der Waals surface area contributed by atoms with E-state index in [9.17, 15) is 9.18 Å². The van der Waals surface area contributed by atoms with Crippen LogP contribution < -0.4 is 5.32 Å². The number of aromatic nitrogens is 5. The summed E-state index contributed by atoms with van der Waals surface area (Å²) in [4.78, 5) is 18.5. The zero-order chi connectivity index (χ0) is 21.8. The van der Waals surface area contributed by atoms with Gasteiger partial charge in [-0.1, -0.05) is 18.2 Å². The lowest BCUT2D eigenvalue weighted by molar-refractivity contribution is 0.0945. The van der Waals surface area contributed by atoms with Gasteiger partial charge in [0.05, 0.1) is 19.8 Å². The van der Waals surface area contributed by atoms with Crippen LogP contribution in [0.1, 0.15) is 33.7 Å². The van der Waals surface area contributed by atoms with E-state index in [0.717, 1.165) is 12.0 Å². The molecule has 9 heteroatoms. The minimum Gasteiger partial charge on any atom is -0.377 e. The SMILES string of the molecule is Cc1cc(-c2nnn(CC3=CCOCC3)n2)cc(C(=O)NCc2ccc(F)c(C)c2)n1. The Hall–Kier alpha value is -3.46. The van der Waals surface area contributed by atoms with E-state index in [1.165, 1.54) is 11.6 Å². The number of hydrogen-bond donors (Lipinski definition) is 1. The number of carbonyl (C=O) groups is 1. The Labute approximate surface area is 179 Å². The summed E-state index contributed by atoms with van der Waals surface area (Å²) in [6.07, 6.45) is 2.89. The smallest absolute Gasteiger partial charge is 0.270 e. The van der Waals surface area contributed by atoms with Crippen LogP contribution in [0, 0.1) is 19.7 Å². The highest BCUT2D eigenvalue weighted by atomic mass is 19.1. The maximum Gasteiger partial charge on any atom is 0.270 e. The van der Waals surface area contributed by atoms with Crippen LogP contribution >= 0.6 is 0 Å². The summed E-state index contributed by atoms with van der Waals surface area (Å²) in [5.41, 5.74) is 4.15. The molecule has 0 spiro atoms. The van der Waals surface area contributed by atoms with Crippen molar-refractivity contribution >= 4 is 5.91 Å². The maximum absolute atomic E-state index is 13.4. The van der Waals surface area contributed by atoms with Crippen molar-refractivity contribution < 1.29 is 13.9 Å². The fourth-order valence-corrected chi connectivity index (χ4v) is 3.32. The second-order valence-corrected chi connectivity index (χ2v) is 7.48. The second kappa shape index (κ2) is 9.13. The van der Waals surface area contributed by atoms with Gasteiger partial charge in [0, 0.05) is 17.8 Å². The molecule has 1 aliphatic heterocycles. The van der Waals surface area contributed by atoms with Crippen molar-refractivity contribution in [2.75, 3.05) is 13.2 Å². The predicted octanol–water partition coefficient (Wildman–Crippen LogP) is 2.77. The maximum atomic E-state index is 13.4. The number of tetrazole rings is 1. The van der Waals surface area contributed by atoms with Crippen LogP contribution in [0.4, 0.5) is 4.39 Å². The number of nitrogens with zero attached hydrogens (tertiary/aromatic N) is 5. The molecule has 0 fully saturated rings. The van der Waals surface area contributed by atoms with Crippen LogP contribution in [0.25, 0.3) is 11.4 Å². The van der Waals surface area contributed by atoms with Gasteiger partial charge in [-0.15, -0.1) is 10.2 Å². The van der Waals surface area contributed by atoms with Crippen molar-refractivity contribution in [1.82, 2.24) is 30.5 Å². The van der Waals surface area contributed by atoms with Crippen LogP contribution in [-0.4, -0.2) is 44.3 Å². The minimum absolute atomic E-state index is 0.261. The molecule has 0 saturated heterocycles. The molecule has 1 amide bonds. The lowest BCUT2D eigenvalue weighted by Gasteiger charge is -2.12. The normalized spacial score (nSPS) is 13.7. The Balaban J connectivity index is 1.47. The van der Waals surface area contributed by atoms with Gasteiger partial charge in [-0.25, -0.2) is 9.37 Å². The number of halogens is 1. The van der Waals surface area contributed by atoms with E-state index >= 15 is 0 Å². The molecule has 0 bridgehead atoms. The van der Waals surface area contributed by atoms with Gasteiger partial charge < -0.3 is 10.1 Å². The van der Waals surface area contributed by atoms with E-state index in [-0.39, 0.29) is 24.0 Å². The molecule has 4 rings (SSSR count). The molecule has 0 radical (unpaired) electrons. The number of carbonyl (C=O) groups excluding carboxylic acids is 1. The topological polar surface area (TPSA) is 94.8 Å². The molecule has 8 nitrogen and oxygen atoms in total. The van der Waals surface area contributed by atoms with Crippen LogP contribution in [0.15, 0.2) is 42.0 Å². The molecule has 1 aromatic carbocycles. The van der Waals surface area contributed by atoms with Gasteiger partial charge in [-0.3, -0.25) is 4.79 Å². The Morgan fingerprint density at radius 3 is 2.90 bits per heavy atom. The van der Waals surface area contributed by atoms with Crippen molar-refractivity contribution in [3.8, 4) is 11.4 Å². The summed E-state index contributed by atoms with van der Waals surface area (Å²) < 4.78 is 18.7. The van der Waals surface area contributed by atoms with Gasteiger partial charge in [0.2, 0.25) is 5.82 Å². The second-order valence-electron chi connectivity index (χ2n) is 7.48. The summed E-state index contributed by atoms with van der Waals surface area (Å²) in [6, 6.07) is 8.21. The van der Waals surface area contributed by atoms with E-state index in [4.69, 9.17) is 4.74 Å². The number of ether oxygens (including phenoxy) is 1. The molecule has 0 atom stereocenters. The molecule has 3 heterocycles. The average molecular weight is 422 g/mol. The van der Waals surface area contributed by atoms with E-state index in [1.807, 2.05) is 12.1 Å². The van der Waals surface area contributed by atoms with Crippen molar-refractivity contribution in [2.24, 2.45) is 0 Å². The number of aryl methyl sites for hydroxylation is 2. The molecule has 31 heavy (non-hydrogen) atoms. The third kappa shape index (κ3) is 5.18. The fraction of sp³-hybridized carbons (Fsp3) is 0.318. The van der Waals surface area contributed by atoms with Crippen molar-refractivity contribution in [3.05, 3.63) is 70.3 Å². The van der Waals surface area contributed by atoms with Crippen molar-refractivity contribution in [2.45, 2.75) is 33.4 Å². The minimum atomic E-state index is -0.327. The van der Waals surface area contributed by atoms with Gasteiger partial charge in [0.1, 0.15) is 11.5 Å². The fourth-order valence-electron chi connectivity index (χ4n) is 3.32. The number of amides is 1. The third-order valence-corrected chi connectivity index (χ3v) is 4.97. The lowest BCUT2D eigenvalue weighted by Crippen LogP contribution is -2.24. The zero-order valence-corrected chi connectivity index (χ0v) is 17.4. The van der Waals surface area contributed by atoms with Gasteiger partial charge in [0.15, 0.2) is 0 Å². The van der Waals surface area contributed by atoms with Gasteiger partial charge >= 0.3 is 0 Å². The van der Waals surface area contributed by atoms with Gasteiger partial charge in [-0.05, 0) is 60.4 Å². The molecular weight excluding hydrogens is 399 g/mol. The molecule has 0 saturated carbocycles. The molecule has 1 N–H and O–H groups in total. The highest BCUT2D eigenvalue weighted by Crippen LogP contribution is 2.17. The van der Waals surface area contributed by atoms with E-state index in [1.54, 1.807) is 36.8 Å². The zero-order valence-electron chi connectivity index (χ0n) is 17.4. The van der Waals surface area contributed by atoms with E-state index in [2.05, 4.69) is 25.7 Å². The van der Waals surface area contributed by atoms with E-state index < -0.39 is 0 Å². The Bertz CT molecular complexity index is 1140. The molecule has 1 aliphatic rings. The molecule has 3 aromatic rings. The van der Waals surface area contributed by atoms with Gasteiger partial charge in [-0.2, -0.15) is 4.80 Å². The summed E-state index contributed by atoms with van der Waals surface area (Å²) in [5.74, 6) is -0.165. The highest BCUT2D eigenvalue weighted by Gasteiger charge is 2.14. The lowest BCUT2D eigenvalue weighted by atomic mass is 10.1. The largest absolute Gasteiger partial charge is 0.377 e. The summed E-state index contributed by atoms with van der Waals surface area (Å²) >= 11 is 0. The summed E-state index contributed by atoms with van der Waals surface area (Å²) in [5, 5.41) is 15.5. The standard InChI is InChI=1S/C22H23FN6O2/c1-14-9-17(3-4-19(14)23)12-24-22(30)20-11-18(10-15(2)25-20)21-26-28-29(27-21)13-16-5-7-31-8-6-16/h3-5,9-11H,6-8,12-13H2,1-2H3,(H,24,30). The number of hydrogen-bond acceptors (Lipinski definition) is 6. The monoisotopic (exact) mass is 422 g/mol. The Morgan fingerprint density at radius 1 is 1.26 bits per heavy atom. The first-order valence-electron chi connectivity index (χ1n) is 10.0. The molecule has 0 unspecified atom stereocenters. The number of benzene rings is 1. The van der Waals surface area contributed by atoms with Crippen molar-refractivity contribution in [1.29, 1.82) is 0 Å². The highest BCUT2D eigenvalue weighted by molar-refractivity contribution is 5.93. The average Bonchev–Trinajstić information content (AvgIpc) is 3.23. The van der Waals surface area contributed by atoms with E-state index in [0.29, 0.717) is 42.4 Å². The first-order chi connectivity index (χ1) is 15.0. The molecule has 160 valence electrons. The third-order valence-electron chi connectivity index (χ3n) is 4.97. The molecule has 0 aliphatic carbocycles. The van der Waals surface area contributed by atoms with Crippen molar-refractivity contribution in [3.63, 3.8) is 0 Å². The van der Waals surface area contributed by atoms with Crippen LogP contribution in [0.5, 0.6) is 0 Å². The van der Waals surface area contributed by atoms with Crippen LogP contribution in [0.3, 0.4) is 0 Å². The number of nitrogens with one attached hydrogen (secondary N) is 1. The molecule has 2 aromatic heterocycles.